The van der Waals surface area contributed by atoms with Crippen LogP contribution in [0, 0.1) is 5.92 Å². The molecule has 7 heteroatoms. The molecule has 2 heterocycles. The van der Waals surface area contributed by atoms with E-state index in [1.54, 1.807) is 6.20 Å². The normalized spacial score (nSPS) is 17.5. The fourth-order valence-electron chi connectivity index (χ4n) is 8.22. The summed E-state index contributed by atoms with van der Waals surface area (Å²) in [4.78, 5) is 10.2. The van der Waals surface area contributed by atoms with Crippen molar-refractivity contribution in [1.82, 2.24) is 14.5 Å². The number of hydrogen-bond donors (Lipinski definition) is 1. The van der Waals surface area contributed by atoms with Gasteiger partial charge in [0.15, 0.2) is 0 Å². The Hall–Kier alpha value is -4.13. The largest absolute Gasteiger partial charge is 0.507 e. The highest BCUT2D eigenvalue weighted by Crippen LogP contribution is 2.47. The van der Waals surface area contributed by atoms with Crippen LogP contribution in [0.15, 0.2) is 66.9 Å². The minimum atomic E-state index is -4.18. The lowest BCUT2D eigenvalue weighted by Gasteiger charge is -2.29. The molecule has 5 aromatic rings. The summed E-state index contributed by atoms with van der Waals surface area (Å²) >= 11 is 0. The average Bonchev–Trinajstić information content (AvgIpc) is 3.67. The maximum atomic E-state index is 13.5. The summed E-state index contributed by atoms with van der Waals surface area (Å²) in [5.74, 6) is 0.412. The number of rotatable bonds is 5. The van der Waals surface area contributed by atoms with E-state index in [0.717, 1.165) is 68.5 Å². The van der Waals surface area contributed by atoms with Crippen LogP contribution in [0.3, 0.4) is 0 Å². The Kier molecular flexibility index (Phi) is 9.94. The molecule has 1 saturated carbocycles. The number of nitrogens with zero attached hydrogens (tertiary/aromatic N) is 3. The first-order valence-electron chi connectivity index (χ1n) is 19.4. The zero-order chi connectivity index (χ0) is 39.8. The smallest absolute Gasteiger partial charge is 0.389 e. The molecule has 54 heavy (non-hydrogen) atoms. The zero-order valence-corrected chi connectivity index (χ0v) is 34.3. The van der Waals surface area contributed by atoms with Gasteiger partial charge in [-0.05, 0) is 120 Å². The van der Waals surface area contributed by atoms with Gasteiger partial charge in [-0.15, -0.1) is 0 Å². The van der Waals surface area contributed by atoms with Crippen LogP contribution < -0.4 is 0 Å². The molecule has 2 unspecified atom stereocenters. The number of fused-ring (bicyclic) bond motifs is 1. The van der Waals surface area contributed by atoms with E-state index < -0.39 is 18.5 Å². The Balaban J connectivity index is 1.57. The molecule has 0 bridgehead atoms. The van der Waals surface area contributed by atoms with Crippen molar-refractivity contribution >= 4 is 11.0 Å². The fraction of sp³-hybridized carbons (Fsp3) is 0.489. The number of alkyl halides is 3. The SMILES string of the molecule is CC(C)(C)c1cc(-c2cc(C3CCCC3CC(F)(F)F)ccn2)cc(-c2cccc3c2nc(-c2cc(C(C)(C)C)cc(C(C)(C)C)c2O)n3C(C)(C)C)c1. The fourth-order valence-corrected chi connectivity index (χ4v) is 8.22. The highest BCUT2D eigenvalue weighted by Gasteiger charge is 2.39. The monoisotopic (exact) mass is 737 g/mol. The van der Waals surface area contributed by atoms with Crippen LogP contribution in [0.25, 0.3) is 44.8 Å². The zero-order valence-electron chi connectivity index (χ0n) is 34.3. The lowest BCUT2D eigenvalue weighted by atomic mass is 9.78. The molecule has 1 fully saturated rings. The quantitative estimate of drug-likeness (QED) is 0.195. The predicted octanol–water partition coefficient (Wildman–Crippen LogP) is 13.6. The molecule has 0 spiro atoms. The molecule has 2 aromatic heterocycles. The van der Waals surface area contributed by atoms with Crippen molar-refractivity contribution in [2.75, 3.05) is 0 Å². The van der Waals surface area contributed by atoms with Crippen LogP contribution in [-0.2, 0) is 21.8 Å². The summed E-state index contributed by atoms with van der Waals surface area (Å²) in [6.07, 6.45) is -1.03. The van der Waals surface area contributed by atoms with Gasteiger partial charge in [0.05, 0.1) is 22.3 Å². The van der Waals surface area contributed by atoms with Gasteiger partial charge >= 0.3 is 6.18 Å². The first kappa shape index (κ1) is 39.6. The number of phenols is 1. The molecule has 1 N–H and O–H groups in total. The van der Waals surface area contributed by atoms with Gasteiger partial charge in [0.25, 0.3) is 0 Å². The molecule has 4 nitrogen and oxygen atoms in total. The number of aromatic hydroxyl groups is 1. The van der Waals surface area contributed by atoms with Crippen LogP contribution in [-0.4, -0.2) is 25.8 Å². The van der Waals surface area contributed by atoms with E-state index in [9.17, 15) is 18.3 Å². The van der Waals surface area contributed by atoms with Gasteiger partial charge in [-0.25, -0.2) is 4.98 Å². The summed E-state index contributed by atoms with van der Waals surface area (Å²) in [7, 11) is 0. The minimum absolute atomic E-state index is 0.140. The summed E-state index contributed by atoms with van der Waals surface area (Å²) < 4.78 is 42.8. The van der Waals surface area contributed by atoms with Gasteiger partial charge in [-0.1, -0.05) is 93.0 Å². The number of pyridine rings is 1. The van der Waals surface area contributed by atoms with Crippen LogP contribution in [0.1, 0.15) is 137 Å². The van der Waals surface area contributed by atoms with E-state index in [2.05, 4.69) is 136 Å². The molecule has 0 saturated heterocycles. The Morgan fingerprint density at radius 2 is 1.37 bits per heavy atom. The molecular weight excluding hydrogens is 680 g/mol. The predicted molar refractivity (Wildman–Crippen MR) is 217 cm³/mol. The average molecular weight is 738 g/mol. The van der Waals surface area contributed by atoms with Gasteiger partial charge in [-0.2, -0.15) is 13.2 Å². The second kappa shape index (κ2) is 13.6. The first-order valence-corrected chi connectivity index (χ1v) is 19.4. The maximum absolute atomic E-state index is 13.5. The summed E-state index contributed by atoms with van der Waals surface area (Å²) in [5, 5.41) is 12.0. The molecular formula is C47H58F3N3O. The van der Waals surface area contributed by atoms with E-state index in [0.29, 0.717) is 17.8 Å². The van der Waals surface area contributed by atoms with Crippen molar-refractivity contribution in [1.29, 1.82) is 0 Å². The molecule has 0 radical (unpaired) electrons. The molecule has 288 valence electrons. The number of hydrogen-bond acceptors (Lipinski definition) is 3. The molecule has 0 amide bonds. The van der Waals surface area contributed by atoms with Crippen molar-refractivity contribution in [3.8, 4) is 39.5 Å². The van der Waals surface area contributed by atoms with E-state index in [1.807, 2.05) is 12.1 Å². The molecule has 1 aliphatic rings. The van der Waals surface area contributed by atoms with Gasteiger partial charge in [-0.3, -0.25) is 4.98 Å². The van der Waals surface area contributed by atoms with Crippen LogP contribution >= 0.6 is 0 Å². The second-order valence-electron chi connectivity index (χ2n) is 19.7. The van der Waals surface area contributed by atoms with E-state index in [-0.39, 0.29) is 33.5 Å². The van der Waals surface area contributed by atoms with E-state index >= 15 is 0 Å². The maximum Gasteiger partial charge on any atom is 0.389 e. The third-order valence-corrected chi connectivity index (χ3v) is 11.2. The van der Waals surface area contributed by atoms with Crippen LogP contribution in [0.2, 0.25) is 0 Å². The number of benzene rings is 3. The number of halogens is 3. The Bertz CT molecular complexity index is 2180. The summed E-state index contributed by atoms with van der Waals surface area (Å²) in [5.41, 5.74) is 9.18. The Morgan fingerprint density at radius 3 is 1.98 bits per heavy atom. The minimum Gasteiger partial charge on any atom is -0.507 e. The van der Waals surface area contributed by atoms with Gasteiger partial charge < -0.3 is 9.67 Å². The van der Waals surface area contributed by atoms with Gasteiger partial charge in [0.2, 0.25) is 0 Å². The van der Waals surface area contributed by atoms with Crippen molar-refractivity contribution in [2.24, 2.45) is 5.92 Å². The highest BCUT2D eigenvalue weighted by molar-refractivity contribution is 5.96. The molecule has 6 rings (SSSR count). The van der Waals surface area contributed by atoms with Crippen LogP contribution in [0.5, 0.6) is 5.75 Å². The summed E-state index contributed by atoms with van der Waals surface area (Å²) in [6.45, 7) is 26.0. The second-order valence-corrected chi connectivity index (χ2v) is 19.7. The van der Waals surface area contributed by atoms with Gasteiger partial charge in [0, 0.05) is 34.8 Å². The standard InChI is InChI=1S/C47H58F3N3O/c1-43(2,3)32-22-30(21-31(23-32)38-24-28(19-20-51-38)34-16-13-15-29(34)27-47(48,49)50)35-17-14-18-39-40(35)52-42(53(39)46(10,11)12)36-25-33(44(4,5)6)26-37(41(36)54)45(7,8)9/h14,17-26,29,34,54H,13,15-16,27H2,1-12H3. The number of imidazole rings is 1. The highest BCUT2D eigenvalue weighted by atomic mass is 19.4. The Labute approximate surface area is 320 Å². The first-order chi connectivity index (χ1) is 24.8. The summed E-state index contributed by atoms with van der Waals surface area (Å²) in [6, 6.07) is 21.0. The van der Waals surface area contributed by atoms with Crippen molar-refractivity contribution in [3.05, 3.63) is 89.1 Å². The lowest BCUT2D eigenvalue weighted by molar-refractivity contribution is -0.145. The van der Waals surface area contributed by atoms with Crippen molar-refractivity contribution < 1.29 is 18.3 Å². The lowest BCUT2D eigenvalue weighted by Crippen LogP contribution is -2.23. The molecule has 0 aliphatic heterocycles. The van der Waals surface area contributed by atoms with E-state index in [1.165, 1.54) is 0 Å². The third-order valence-electron chi connectivity index (χ3n) is 11.2. The van der Waals surface area contributed by atoms with Crippen LogP contribution in [0.4, 0.5) is 13.2 Å². The Morgan fingerprint density at radius 1 is 0.722 bits per heavy atom. The van der Waals surface area contributed by atoms with Crippen molar-refractivity contribution in [3.63, 3.8) is 0 Å². The molecule has 1 aliphatic carbocycles. The number of para-hydroxylation sites is 1. The number of aromatic nitrogens is 3. The number of phenolic OH excluding ortho intramolecular Hbond substituents is 1. The van der Waals surface area contributed by atoms with E-state index in [4.69, 9.17) is 9.97 Å². The van der Waals surface area contributed by atoms with Crippen molar-refractivity contribution in [2.45, 2.75) is 143 Å². The van der Waals surface area contributed by atoms with Gasteiger partial charge in [0.1, 0.15) is 11.6 Å². The molecule has 3 aromatic carbocycles. The third kappa shape index (κ3) is 7.97. The topological polar surface area (TPSA) is 50.9 Å². The molecule has 2 atom stereocenters.